The molecule has 2 unspecified atom stereocenters. The van der Waals surface area contributed by atoms with Crippen LogP contribution in [0.2, 0.25) is 0 Å². The molecule has 1 aliphatic heterocycles. The number of carboxylic acids is 1. The van der Waals surface area contributed by atoms with Gasteiger partial charge >= 0.3 is 5.97 Å². The van der Waals surface area contributed by atoms with Crippen molar-refractivity contribution in [3.63, 3.8) is 0 Å². The first-order chi connectivity index (χ1) is 9.41. The Morgan fingerprint density at radius 1 is 1.50 bits per heavy atom. The third-order valence-electron chi connectivity index (χ3n) is 3.93. The number of piperidine rings is 1. The monoisotopic (exact) mass is 278 g/mol. The number of aliphatic carboxylic acids is 1. The van der Waals surface area contributed by atoms with E-state index in [2.05, 4.69) is 0 Å². The number of benzene rings is 1. The third-order valence-corrected chi connectivity index (χ3v) is 3.93. The minimum absolute atomic E-state index is 0.0326. The minimum Gasteiger partial charge on any atom is -0.480 e. The minimum atomic E-state index is -0.873. The summed E-state index contributed by atoms with van der Waals surface area (Å²) in [5.41, 5.74) is 1.21. The van der Waals surface area contributed by atoms with Crippen LogP contribution in [0.1, 0.15) is 25.3 Å². The zero-order chi connectivity index (χ0) is 14.9. The van der Waals surface area contributed by atoms with Crippen molar-refractivity contribution in [1.82, 2.24) is 0 Å². The second-order valence-corrected chi connectivity index (χ2v) is 5.36. The Hall–Kier alpha value is -2.11. The van der Waals surface area contributed by atoms with E-state index >= 15 is 0 Å². The topological polar surface area (TPSA) is 83.7 Å². The van der Waals surface area contributed by atoms with E-state index in [0.717, 1.165) is 6.42 Å². The quantitative estimate of drug-likeness (QED) is 0.678. The van der Waals surface area contributed by atoms with E-state index in [9.17, 15) is 20.0 Å². The molecule has 0 aliphatic carbocycles. The summed E-state index contributed by atoms with van der Waals surface area (Å²) in [4.78, 5) is 23.8. The lowest BCUT2D eigenvalue weighted by Crippen LogP contribution is -2.47. The Bertz CT molecular complexity index is 544. The van der Waals surface area contributed by atoms with Gasteiger partial charge in [0.1, 0.15) is 6.04 Å². The fourth-order valence-electron chi connectivity index (χ4n) is 2.78. The first-order valence-corrected chi connectivity index (χ1v) is 6.65. The van der Waals surface area contributed by atoms with Gasteiger partial charge in [0, 0.05) is 18.3 Å². The van der Waals surface area contributed by atoms with Crippen LogP contribution in [0.3, 0.4) is 0 Å². The van der Waals surface area contributed by atoms with Crippen molar-refractivity contribution in [1.29, 1.82) is 0 Å². The summed E-state index contributed by atoms with van der Waals surface area (Å²) in [5.74, 6) is -0.520. The molecule has 6 nitrogen and oxygen atoms in total. The summed E-state index contributed by atoms with van der Waals surface area (Å²) < 4.78 is 0. The van der Waals surface area contributed by atoms with Crippen LogP contribution in [0.5, 0.6) is 0 Å². The van der Waals surface area contributed by atoms with Crippen molar-refractivity contribution < 1.29 is 14.8 Å². The molecule has 6 heteroatoms. The number of carbonyl (C=O) groups is 1. The van der Waals surface area contributed by atoms with E-state index in [1.807, 2.05) is 6.92 Å². The standard InChI is InChI=1S/C14H18N2O4/c1-9-6-7-15(13(8-9)14(17)18)11-4-3-5-12(10(11)2)16(19)20/h3-5,9,13H,6-8H2,1-2H3,(H,17,18). The molecule has 1 aromatic rings. The predicted octanol–water partition coefficient (Wildman–Crippen LogP) is 2.59. The number of nitrogens with zero attached hydrogens (tertiary/aromatic N) is 2. The summed E-state index contributed by atoms with van der Waals surface area (Å²) in [6, 6.07) is 4.20. The zero-order valence-corrected chi connectivity index (χ0v) is 11.6. The molecule has 2 rings (SSSR count). The van der Waals surface area contributed by atoms with E-state index in [4.69, 9.17) is 0 Å². The fourth-order valence-corrected chi connectivity index (χ4v) is 2.78. The number of hydrogen-bond donors (Lipinski definition) is 1. The van der Waals surface area contributed by atoms with Gasteiger partial charge in [-0.15, -0.1) is 0 Å². The fraction of sp³-hybridized carbons (Fsp3) is 0.500. The molecule has 0 spiro atoms. The molecule has 20 heavy (non-hydrogen) atoms. The predicted molar refractivity (Wildman–Crippen MR) is 75.0 cm³/mol. The van der Waals surface area contributed by atoms with Gasteiger partial charge in [0.25, 0.3) is 5.69 Å². The maximum atomic E-state index is 11.4. The Balaban J connectivity index is 2.41. The van der Waals surface area contributed by atoms with E-state index in [1.54, 1.807) is 24.0 Å². The lowest BCUT2D eigenvalue weighted by Gasteiger charge is -2.38. The number of nitro groups is 1. The molecule has 1 aromatic carbocycles. The molecule has 0 bridgehead atoms. The molecule has 0 amide bonds. The number of carboxylic acid groups (broad SMARTS) is 1. The van der Waals surface area contributed by atoms with Gasteiger partial charge in [-0.05, 0) is 31.7 Å². The molecule has 0 aromatic heterocycles. The normalized spacial score (nSPS) is 22.6. The van der Waals surface area contributed by atoms with Gasteiger partial charge in [0.05, 0.1) is 10.5 Å². The van der Waals surface area contributed by atoms with E-state index in [1.165, 1.54) is 6.07 Å². The maximum Gasteiger partial charge on any atom is 0.326 e. The van der Waals surface area contributed by atoms with Crippen LogP contribution in [-0.4, -0.2) is 28.6 Å². The highest BCUT2D eigenvalue weighted by Gasteiger charge is 2.33. The lowest BCUT2D eigenvalue weighted by atomic mass is 9.91. The first-order valence-electron chi connectivity index (χ1n) is 6.65. The second-order valence-electron chi connectivity index (χ2n) is 5.36. The molecule has 1 N–H and O–H groups in total. The molecule has 0 saturated carbocycles. The molecule has 0 radical (unpaired) electrons. The Kier molecular flexibility index (Phi) is 3.92. The van der Waals surface area contributed by atoms with Crippen molar-refractivity contribution in [2.24, 2.45) is 5.92 Å². The summed E-state index contributed by atoms with van der Waals surface area (Å²) >= 11 is 0. The van der Waals surface area contributed by atoms with Gasteiger partial charge in [-0.1, -0.05) is 13.0 Å². The average Bonchev–Trinajstić information content (AvgIpc) is 2.39. The summed E-state index contributed by atoms with van der Waals surface area (Å²) in [5, 5.41) is 20.4. The lowest BCUT2D eigenvalue weighted by molar-refractivity contribution is -0.385. The summed E-state index contributed by atoms with van der Waals surface area (Å²) in [6.45, 7) is 4.32. The Labute approximate surface area is 117 Å². The van der Waals surface area contributed by atoms with E-state index in [-0.39, 0.29) is 5.69 Å². The molecular formula is C14H18N2O4. The van der Waals surface area contributed by atoms with Crippen molar-refractivity contribution >= 4 is 17.3 Å². The second kappa shape index (κ2) is 5.48. The van der Waals surface area contributed by atoms with Crippen molar-refractivity contribution in [2.75, 3.05) is 11.4 Å². The SMILES string of the molecule is Cc1c(N2CCC(C)CC2C(=O)O)cccc1[N+](=O)[O-]. The van der Waals surface area contributed by atoms with Crippen LogP contribution in [0.15, 0.2) is 18.2 Å². The molecule has 2 atom stereocenters. The van der Waals surface area contributed by atoms with Crippen LogP contribution in [0.4, 0.5) is 11.4 Å². The van der Waals surface area contributed by atoms with Gasteiger partial charge in [0.15, 0.2) is 0 Å². The molecular weight excluding hydrogens is 260 g/mol. The van der Waals surface area contributed by atoms with Gasteiger partial charge in [-0.25, -0.2) is 4.79 Å². The average molecular weight is 278 g/mol. The van der Waals surface area contributed by atoms with Crippen LogP contribution < -0.4 is 4.90 Å². The van der Waals surface area contributed by atoms with Gasteiger partial charge in [-0.3, -0.25) is 10.1 Å². The Morgan fingerprint density at radius 2 is 2.20 bits per heavy atom. The smallest absolute Gasteiger partial charge is 0.326 e. The molecule has 1 fully saturated rings. The van der Waals surface area contributed by atoms with E-state index < -0.39 is 16.9 Å². The van der Waals surface area contributed by atoms with Gasteiger partial charge < -0.3 is 10.0 Å². The summed E-state index contributed by atoms with van der Waals surface area (Å²) in [7, 11) is 0. The van der Waals surface area contributed by atoms with Crippen molar-refractivity contribution in [3.8, 4) is 0 Å². The largest absolute Gasteiger partial charge is 0.480 e. The van der Waals surface area contributed by atoms with Gasteiger partial charge in [-0.2, -0.15) is 0 Å². The number of nitro benzene ring substituents is 1. The van der Waals surface area contributed by atoms with Crippen molar-refractivity contribution in [2.45, 2.75) is 32.7 Å². The molecule has 1 heterocycles. The number of anilines is 1. The number of hydrogen-bond acceptors (Lipinski definition) is 4. The van der Waals surface area contributed by atoms with Crippen LogP contribution in [-0.2, 0) is 4.79 Å². The van der Waals surface area contributed by atoms with Crippen molar-refractivity contribution in [3.05, 3.63) is 33.9 Å². The highest BCUT2D eigenvalue weighted by atomic mass is 16.6. The van der Waals surface area contributed by atoms with E-state index in [0.29, 0.717) is 30.1 Å². The van der Waals surface area contributed by atoms with Crippen LogP contribution in [0, 0.1) is 23.0 Å². The summed E-state index contributed by atoms with van der Waals surface area (Å²) in [6.07, 6.45) is 1.46. The first kappa shape index (κ1) is 14.3. The number of rotatable bonds is 3. The molecule has 108 valence electrons. The van der Waals surface area contributed by atoms with Crippen LogP contribution in [0.25, 0.3) is 0 Å². The maximum absolute atomic E-state index is 11.4. The van der Waals surface area contributed by atoms with Gasteiger partial charge in [0.2, 0.25) is 0 Å². The Morgan fingerprint density at radius 3 is 2.80 bits per heavy atom. The highest BCUT2D eigenvalue weighted by Crippen LogP contribution is 2.33. The highest BCUT2D eigenvalue weighted by molar-refractivity contribution is 5.79. The zero-order valence-electron chi connectivity index (χ0n) is 11.6. The van der Waals surface area contributed by atoms with Crippen LogP contribution >= 0.6 is 0 Å². The molecule has 1 saturated heterocycles. The molecule has 1 aliphatic rings. The third kappa shape index (κ3) is 2.59.